The van der Waals surface area contributed by atoms with Gasteiger partial charge in [-0.15, -0.1) is 10.2 Å². The van der Waals surface area contributed by atoms with Gasteiger partial charge in [0.25, 0.3) is 0 Å². The molecule has 1 aliphatic heterocycles. The van der Waals surface area contributed by atoms with Crippen LogP contribution in [0.2, 0.25) is 0 Å². The molecule has 1 aromatic rings. The molecule has 0 amide bonds. The first kappa shape index (κ1) is 8.44. The van der Waals surface area contributed by atoms with Gasteiger partial charge in [-0.2, -0.15) is 0 Å². The Labute approximate surface area is 83.9 Å². The molecule has 0 radical (unpaired) electrons. The van der Waals surface area contributed by atoms with Gasteiger partial charge in [-0.25, -0.2) is 0 Å². The number of hydrogen-bond acceptors (Lipinski definition) is 4. The predicted molar refractivity (Wildman–Crippen MR) is 54.0 cm³/mol. The highest BCUT2D eigenvalue weighted by Gasteiger charge is 2.23. The third kappa shape index (κ3) is 1.61. The Morgan fingerprint density at radius 3 is 3.25 bits per heavy atom. The van der Waals surface area contributed by atoms with Gasteiger partial charge in [-0.1, -0.05) is 27.3 Å². The SMILES string of the molecule is BrCC1CCN(c2nncs2)C1. The van der Waals surface area contributed by atoms with Crippen molar-refractivity contribution >= 4 is 32.4 Å². The maximum absolute atomic E-state index is 4.05. The van der Waals surface area contributed by atoms with Crippen LogP contribution in [0.1, 0.15) is 6.42 Å². The minimum atomic E-state index is 0.786. The summed E-state index contributed by atoms with van der Waals surface area (Å²) in [7, 11) is 0. The Morgan fingerprint density at radius 1 is 1.75 bits per heavy atom. The number of hydrogen-bond donors (Lipinski definition) is 0. The second kappa shape index (κ2) is 3.70. The quantitative estimate of drug-likeness (QED) is 0.747. The van der Waals surface area contributed by atoms with Crippen molar-refractivity contribution in [2.75, 3.05) is 23.3 Å². The van der Waals surface area contributed by atoms with Gasteiger partial charge in [0.05, 0.1) is 0 Å². The van der Waals surface area contributed by atoms with Crippen LogP contribution in [0.5, 0.6) is 0 Å². The van der Waals surface area contributed by atoms with Crippen molar-refractivity contribution in [2.45, 2.75) is 6.42 Å². The second-order valence-electron chi connectivity index (χ2n) is 2.98. The molecule has 0 aromatic carbocycles. The first-order valence-corrected chi connectivity index (χ1v) is 5.97. The lowest BCUT2D eigenvalue weighted by Crippen LogP contribution is -2.19. The van der Waals surface area contributed by atoms with Gasteiger partial charge in [0.15, 0.2) is 0 Å². The molecule has 0 saturated carbocycles. The van der Waals surface area contributed by atoms with Crippen LogP contribution < -0.4 is 4.90 Å². The highest BCUT2D eigenvalue weighted by Crippen LogP contribution is 2.25. The normalized spacial score (nSPS) is 23.4. The van der Waals surface area contributed by atoms with E-state index in [1.54, 1.807) is 16.8 Å². The van der Waals surface area contributed by atoms with Crippen molar-refractivity contribution in [1.29, 1.82) is 0 Å². The van der Waals surface area contributed by atoms with E-state index in [4.69, 9.17) is 0 Å². The van der Waals surface area contributed by atoms with Crippen LogP contribution in [0.15, 0.2) is 5.51 Å². The maximum atomic E-state index is 4.05. The summed E-state index contributed by atoms with van der Waals surface area (Å²) in [5, 5.41) is 10.0. The highest BCUT2D eigenvalue weighted by atomic mass is 79.9. The minimum absolute atomic E-state index is 0.786. The third-order valence-electron chi connectivity index (χ3n) is 2.12. The van der Waals surface area contributed by atoms with Gasteiger partial charge in [-0.05, 0) is 12.3 Å². The summed E-state index contributed by atoms with van der Waals surface area (Å²) in [6, 6.07) is 0. The first-order valence-electron chi connectivity index (χ1n) is 3.97. The van der Waals surface area contributed by atoms with Crippen LogP contribution in [0.4, 0.5) is 5.13 Å². The number of nitrogens with zero attached hydrogens (tertiary/aromatic N) is 3. The first-order chi connectivity index (χ1) is 5.90. The van der Waals surface area contributed by atoms with E-state index < -0.39 is 0 Å². The van der Waals surface area contributed by atoms with Crippen molar-refractivity contribution < 1.29 is 0 Å². The van der Waals surface area contributed by atoms with Gasteiger partial charge in [0.1, 0.15) is 5.51 Å². The predicted octanol–water partition coefficient (Wildman–Crippen LogP) is 1.76. The Balaban J connectivity index is 2.00. The standard InChI is InChI=1S/C7H10BrN3S/c8-3-6-1-2-11(4-6)7-10-9-5-12-7/h5-6H,1-4H2. The summed E-state index contributed by atoms with van der Waals surface area (Å²) in [6.45, 7) is 2.26. The fraction of sp³-hybridized carbons (Fsp3) is 0.714. The average molecular weight is 248 g/mol. The summed E-state index contributed by atoms with van der Waals surface area (Å²) < 4.78 is 0. The van der Waals surface area contributed by atoms with Crippen molar-refractivity contribution in [3.05, 3.63) is 5.51 Å². The molecule has 2 rings (SSSR count). The molecule has 1 fully saturated rings. The highest BCUT2D eigenvalue weighted by molar-refractivity contribution is 9.09. The molecule has 12 heavy (non-hydrogen) atoms. The Kier molecular flexibility index (Phi) is 2.60. The van der Waals surface area contributed by atoms with E-state index in [-0.39, 0.29) is 0 Å². The van der Waals surface area contributed by atoms with Gasteiger partial charge in [0.2, 0.25) is 5.13 Å². The molecule has 0 aliphatic carbocycles. The monoisotopic (exact) mass is 247 g/mol. The molecular formula is C7H10BrN3S. The summed E-state index contributed by atoms with van der Waals surface area (Å²) in [5.74, 6) is 0.786. The maximum Gasteiger partial charge on any atom is 0.208 e. The lowest BCUT2D eigenvalue weighted by Gasteiger charge is -2.12. The minimum Gasteiger partial charge on any atom is -0.346 e. The molecule has 1 aromatic heterocycles. The van der Waals surface area contributed by atoms with Crippen LogP contribution in [-0.4, -0.2) is 28.6 Å². The summed E-state index contributed by atoms with van der Waals surface area (Å²) in [6.07, 6.45) is 1.27. The van der Waals surface area contributed by atoms with E-state index >= 15 is 0 Å². The summed E-state index contributed by atoms with van der Waals surface area (Å²) >= 11 is 5.13. The average Bonchev–Trinajstić information content (AvgIpc) is 2.75. The Hall–Kier alpha value is -0.160. The molecule has 1 unspecified atom stereocenters. The van der Waals surface area contributed by atoms with E-state index in [0.717, 1.165) is 29.5 Å². The molecule has 0 spiro atoms. The largest absolute Gasteiger partial charge is 0.346 e. The van der Waals surface area contributed by atoms with Crippen molar-refractivity contribution in [3.8, 4) is 0 Å². The number of halogens is 1. The van der Waals surface area contributed by atoms with E-state index in [9.17, 15) is 0 Å². The molecule has 0 N–H and O–H groups in total. The second-order valence-corrected chi connectivity index (χ2v) is 4.44. The van der Waals surface area contributed by atoms with Gasteiger partial charge < -0.3 is 4.90 Å². The van der Waals surface area contributed by atoms with Crippen LogP contribution in [0.25, 0.3) is 0 Å². The summed E-state index contributed by atoms with van der Waals surface area (Å²) in [5.41, 5.74) is 1.79. The van der Waals surface area contributed by atoms with E-state index in [1.807, 2.05) is 0 Å². The van der Waals surface area contributed by atoms with Crippen LogP contribution in [-0.2, 0) is 0 Å². The summed E-state index contributed by atoms with van der Waals surface area (Å²) in [4.78, 5) is 2.31. The fourth-order valence-electron chi connectivity index (χ4n) is 1.44. The number of rotatable bonds is 2. The zero-order valence-electron chi connectivity index (χ0n) is 6.61. The van der Waals surface area contributed by atoms with E-state index in [0.29, 0.717) is 0 Å². The zero-order valence-corrected chi connectivity index (χ0v) is 9.01. The Bertz CT molecular complexity index is 239. The molecule has 1 aliphatic rings. The van der Waals surface area contributed by atoms with Gasteiger partial charge in [0, 0.05) is 18.4 Å². The van der Waals surface area contributed by atoms with Crippen molar-refractivity contribution in [2.24, 2.45) is 5.92 Å². The third-order valence-corrected chi connectivity index (χ3v) is 3.79. The lowest BCUT2D eigenvalue weighted by molar-refractivity contribution is 0.675. The van der Waals surface area contributed by atoms with Crippen LogP contribution >= 0.6 is 27.3 Å². The van der Waals surface area contributed by atoms with Gasteiger partial charge in [-0.3, -0.25) is 0 Å². The number of anilines is 1. The van der Waals surface area contributed by atoms with E-state index in [2.05, 4.69) is 31.0 Å². The molecule has 1 atom stereocenters. The molecule has 66 valence electrons. The van der Waals surface area contributed by atoms with Crippen molar-refractivity contribution in [3.63, 3.8) is 0 Å². The Morgan fingerprint density at radius 2 is 2.67 bits per heavy atom. The number of alkyl halides is 1. The molecule has 1 saturated heterocycles. The van der Waals surface area contributed by atoms with Crippen LogP contribution in [0, 0.1) is 5.92 Å². The molecule has 5 heteroatoms. The fourth-order valence-corrected chi connectivity index (χ4v) is 2.56. The topological polar surface area (TPSA) is 29.0 Å². The molecule has 0 bridgehead atoms. The molecule has 2 heterocycles. The molecular weight excluding hydrogens is 238 g/mol. The van der Waals surface area contributed by atoms with E-state index in [1.165, 1.54) is 6.42 Å². The zero-order chi connectivity index (χ0) is 8.39. The molecule has 3 nitrogen and oxygen atoms in total. The number of aromatic nitrogens is 2. The van der Waals surface area contributed by atoms with Gasteiger partial charge >= 0.3 is 0 Å². The lowest BCUT2D eigenvalue weighted by atomic mass is 10.2. The van der Waals surface area contributed by atoms with Crippen molar-refractivity contribution in [1.82, 2.24) is 10.2 Å². The smallest absolute Gasteiger partial charge is 0.208 e. The van der Waals surface area contributed by atoms with Crippen LogP contribution in [0.3, 0.4) is 0 Å².